The molecule has 2 aromatic carbocycles. The van der Waals surface area contributed by atoms with Gasteiger partial charge in [0.1, 0.15) is 5.82 Å². The van der Waals surface area contributed by atoms with Gasteiger partial charge in [-0.3, -0.25) is 29.3 Å². The number of likely N-dealkylation sites (tertiary alicyclic amines) is 1. The number of carbonyl (C=O) groups is 3. The monoisotopic (exact) mass is 456 g/mol. The highest BCUT2D eigenvalue weighted by Gasteiger charge is 2.60. The second kappa shape index (κ2) is 7.83. The summed E-state index contributed by atoms with van der Waals surface area (Å²) < 4.78 is 13.6. The molecule has 3 aliphatic rings. The molecule has 7 nitrogen and oxygen atoms in total. The van der Waals surface area contributed by atoms with E-state index in [1.807, 2.05) is 12.2 Å². The lowest BCUT2D eigenvalue weighted by Gasteiger charge is -2.28. The maximum Gasteiger partial charge on any atom is 0.234 e. The molecule has 2 heterocycles. The van der Waals surface area contributed by atoms with Crippen LogP contribution < -0.4 is 5.32 Å². The van der Waals surface area contributed by atoms with E-state index in [0.717, 1.165) is 6.42 Å². The van der Waals surface area contributed by atoms with Crippen LogP contribution in [0.3, 0.4) is 0 Å². The number of imide groups is 1. The van der Waals surface area contributed by atoms with Gasteiger partial charge in [0, 0.05) is 18.1 Å². The number of nitrogens with one attached hydrogen (secondary N) is 1. The van der Waals surface area contributed by atoms with Gasteiger partial charge in [-0.2, -0.15) is 0 Å². The largest absolute Gasteiger partial charge is 0.326 e. The van der Waals surface area contributed by atoms with Crippen LogP contribution in [0.25, 0.3) is 11.0 Å². The van der Waals surface area contributed by atoms with Crippen LogP contribution in [0.4, 0.5) is 10.1 Å². The third-order valence-electron chi connectivity index (χ3n) is 7.20. The van der Waals surface area contributed by atoms with Crippen LogP contribution in [-0.4, -0.2) is 32.6 Å². The molecule has 3 aromatic rings. The number of halogens is 1. The molecule has 0 radical (unpaired) electrons. The van der Waals surface area contributed by atoms with Crippen molar-refractivity contribution in [3.63, 3.8) is 0 Å². The Hall–Kier alpha value is -3.94. The van der Waals surface area contributed by atoms with Crippen LogP contribution >= 0.6 is 0 Å². The summed E-state index contributed by atoms with van der Waals surface area (Å²) in [7, 11) is 0. The van der Waals surface area contributed by atoms with Crippen molar-refractivity contribution in [3.05, 3.63) is 78.4 Å². The van der Waals surface area contributed by atoms with E-state index in [9.17, 15) is 18.8 Å². The SMILES string of the molecule is O=C(CC(c1ccc(F)cc1)N1C(=O)C2C3C=CC(C3)C2C1=O)Nc1ccc2nccnc2c1. The molecule has 1 saturated carbocycles. The second-order valence-corrected chi connectivity index (χ2v) is 9.13. The number of anilines is 1. The Kier molecular flexibility index (Phi) is 4.76. The van der Waals surface area contributed by atoms with Gasteiger partial charge in [0.25, 0.3) is 0 Å². The van der Waals surface area contributed by atoms with Crippen molar-refractivity contribution in [3.8, 4) is 0 Å². The number of amides is 3. The number of aromatic nitrogens is 2. The van der Waals surface area contributed by atoms with Crippen LogP contribution in [-0.2, 0) is 14.4 Å². The van der Waals surface area contributed by atoms with Crippen molar-refractivity contribution < 1.29 is 18.8 Å². The molecule has 170 valence electrons. The van der Waals surface area contributed by atoms with Crippen molar-refractivity contribution in [1.29, 1.82) is 0 Å². The third kappa shape index (κ3) is 3.29. The fourth-order valence-corrected chi connectivity index (χ4v) is 5.70. The van der Waals surface area contributed by atoms with Gasteiger partial charge in [0.15, 0.2) is 0 Å². The minimum absolute atomic E-state index is 0.0675. The molecule has 0 spiro atoms. The van der Waals surface area contributed by atoms with Crippen molar-refractivity contribution in [2.45, 2.75) is 18.9 Å². The lowest BCUT2D eigenvalue weighted by Crippen LogP contribution is -2.38. The number of allylic oxidation sites excluding steroid dienone is 2. The molecule has 3 amide bonds. The first-order valence-electron chi connectivity index (χ1n) is 11.3. The van der Waals surface area contributed by atoms with E-state index in [-0.39, 0.29) is 47.8 Å². The first-order chi connectivity index (χ1) is 16.5. The number of hydrogen-bond acceptors (Lipinski definition) is 5. The zero-order chi connectivity index (χ0) is 23.4. The van der Waals surface area contributed by atoms with Gasteiger partial charge >= 0.3 is 0 Å². The average molecular weight is 456 g/mol. The molecule has 1 aliphatic heterocycles. The topological polar surface area (TPSA) is 92.3 Å². The highest BCUT2D eigenvalue weighted by molar-refractivity contribution is 6.07. The normalized spacial score (nSPS) is 25.7. The summed E-state index contributed by atoms with van der Waals surface area (Å²) in [5.41, 5.74) is 2.42. The predicted molar refractivity (Wildman–Crippen MR) is 121 cm³/mol. The zero-order valence-electron chi connectivity index (χ0n) is 18.1. The van der Waals surface area contributed by atoms with Gasteiger partial charge < -0.3 is 5.32 Å². The van der Waals surface area contributed by atoms with Gasteiger partial charge in [-0.15, -0.1) is 0 Å². The number of fused-ring (bicyclic) bond motifs is 6. The molecule has 5 unspecified atom stereocenters. The average Bonchev–Trinajstić information content (AvgIpc) is 3.52. The molecule has 1 saturated heterocycles. The van der Waals surface area contributed by atoms with Gasteiger partial charge in [-0.05, 0) is 54.2 Å². The summed E-state index contributed by atoms with van der Waals surface area (Å²) in [6, 6.07) is 9.99. The zero-order valence-corrected chi connectivity index (χ0v) is 18.1. The summed E-state index contributed by atoms with van der Waals surface area (Å²) in [6.07, 6.45) is 7.92. The molecule has 1 N–H and O–H groups in total. The Morgan fingerprint density at radius 2 is 1.62 bits per heavy atom. The second-order valence-electron chi connectivity index (χ2n) is 9.13. The number of benzene rings is 2. The summed E-state index contributed by atoms with van der Waals surface area (Å²) in [6.45, 7) is 0. The Balaban J connectivity index is 1.29. The Morgan fingerprint density at radius 3 is 2.29 bits per heavy atom. The van der Waals surface area contributed by atoms with Crippen LogP contribution in [0.5, 0.6) is 0 Å². The lowest BCUT2D eigenvalue weighted by molar-refractivity contribution is -0.144. The molecule has 34 heavy (non-hydrogen) atoms. The molecular weight excluding hydrogens is 435 g/mol. The number of hydrogen-bond donors (Lipinski definition) is 1. The van der Waals surface area contributed by atoms with Gasteiger partial charge in [0.05, 0.1) is 35.3 Å². The van der Waals surface area contributed by atoms with Crippen molar-refractivity contribution in [2.24, 2.45) is 23.7 Å². The first kappa shape index (κ1) is 20.7. The Bertz CT molecular complexity index is 1330. The minimum atomic E-state index is -0.814. The Labute approximate surface area is 194 Å². The van der Waals surface area contributed by atoms with E-state index >= 15 is 0 Å². The fourth-order valence-electron chi connectivity index (χ4n) is 5.70. The first-order valence-corrected chi connectivity index (χ1v) is 11.3. The molecule has 2 fully saturated rings. The highest BCUT2D eigenvalue weighted by Crippen LogP contribution is 2.54. The van der Waals surface area contributed by atoms with Crippen LogP contribution in [0.15, 0.2) is 67.0 Å². The number of nitrogens with zero attached hydrogens (tertiary/aromatic N) is 3. The van der Waals surface area contributed by atoms with Gasteiger partial charge in [-0.1, -0.05) is 24.3 Å². The lowest BCUT2D eigenvalue weighted by atomic mass is 9.85. The van der Waals surface area contributed by atoms with E-state index < -0.39 is 11.9 Å². The van der Waals surface area contributed by atoms with E-state index in [2.05, 4.69) is 15.3 Å². The van der Waals surface area contributed by atoms with Crippen LogP contribution in [0.1, 0.15) is 24.4 Å². The minimum Gasteiger partial charge on any atom is -0.326 e. The molecule has 1 aromatic heterocycles. The number of carbonyl (C=O) groups excluding carboxylic acids is 3. The van der Waals surface area contributed by atoms with E-state index in [4.69, 9.17) is 0 Å². The number of rotatable bonds is 5. The summed E-state index contributed by atoms with van der Waals surface area (Å²) in [4.78, 5) is 49.6. The Morgan fingerprint density at radius 1 is 0.971 bits per heavy atom. The standard InChI is InChI=1S/C26H21FN4O3/c27-17-5-3-14(4-6-17)21(31-25(33)23-15-1-2-16(11-15)24(23)26(31)34)13-22(32)30-18-7-8-19-20(12-18)29-10-9-28-19/h1-10,12,15-16,21,23-24H,11,13H2,(H,30,32). The van der Waals surface area contributed by atoms with E-state index in [1.165, 1.54) is 29.2 Å². The summed E-state index contributed by atoms with van der Waals surface area (Å²) in [5.74, 6) is -1.88. The summed E-state index contributed by atoms with van der Waals surface area (Å²) in [5, 5.41) is 2.84. The summed E-state index contributed by atoms with van der Waals surface area (Å²) >= 11 is 0. The molecule has 5 atom stereocenters. The van der Waals surface area contributed by atoms with E-state index in [1.54, 1.807) is 30.6 Å². The highest BCUT2D eigenvalue weighted by atomic mass is 19.1. The van der Waals surface area contributed by atoms with Gasteiger partial charge in [-0.25, -0.2) is 4.39 Å². The maximum atomic E-state index is 13.6. The smallest absolute Gasteiger partial charge is 0.234 e. The van der Waals surface area contributed by atoms with Crippen molar-refractivity contribution >= 4 is 34.4 Å². The maximum absolute atomic E-state index is 13.6. The molecule has 8 heteroatoms. The van der Waals surface area contributed by atoms with Crippen molar-refractivity contribution in [2.75, 3.05) is 5.32 Å². The third-order valence-corrected chi connectivity index (χ3v) is 7.20. The van der Waals surface area contributed by atoms with Crippen LogP contribution in [0, 0.1) is 29.5 Å². The van der Waals surface area contributed by atoms with Gasteiger partial charge in [0.2, 0.25) is 17.7 Å². The van der Waals surface area contributed by atoms with E-state index in [0.29, 0.717) is 22.3 Å². The fraction of sp³-hybridized carbons (Fsp3) is 0.269. The molecular formula is C26H21FN4O3. The quantitative estimate of drug-likeness (QED) is 0.467. The molecule has 6 rings (SSSR count). The van der Waals surface area contributed by atoms with Crippen molar-refractivity contribution in [1.82, 2.24) is 14.9 Å². The molecule has 2 aliphatic carbocycles. The predicted octanol–water partition coefficient (Wildman–Crippen LogP) is 3.65. The van der Waals surface area contributed by atoms with Crippen LogP contribution in [0.2, 0.25) is 0 Å². The molecule has 2 bridgehead atoms.